The van der Waals surface area contributed by atoms with Gasteiger partial charge in [-0.05, 0) is 154 Å². The minimum absolute atomic E-state index is 0.0465. The van der Waals surface area contributed by atoms with Crippen LogP contribution in [0.5, 0.6) is 0 Å². The zero-order valence-corrected chi connectivity index (χ0v) is 39.2. The molecule has 0 amide bonds. The molecule has 0 heterocycles. The number of benzene rings is 2. The Balaban J connectivity index is 0.000000141. The molecule has 2 aromatic rings. The van der Waals surface area contributed by atoms with Crippen LogP contribution in [0.4, 0.5) is 0 Å². The number of halogens is 1. The molecule has 2 aromatic carbocycles. The molecule has 6 aliphatic carbocycles. The van der Waals surface area contributed by atoms with Crippen LogP contribution in [0.1, 0.15) is 204 Å². The van der Waals surface area contributed by atoms with Crippen molar-refractivity contribution in [2.75, 3.05) is 0 Å². The van der Waals surface area contributed by atoms with Crippen molar-refractivity contribution in [3.63, 3.8) is 0 Å². The zero-order valence-electron chi connectivity index (χ0n) is 34.7. The van der Waals surface area contributed by atoms with Gasteiger partial charge in [0, 0.05) is 15.8 Å². The fourth-order valence-electron chi connectivity index (χ4n) is 12.2. The van der Waals surface area contributed by atoms with Crippen molar-refractivity contribution in [3.05, 3.63) is 77.5 Å². The van der Waals surface area contributed by atoms with Gasteiger partial charge in [-0.15, -0.1) is 0 Å². The summed E-state index contributed by atoms with van der Waals surface area (Å²) in [6, 6.07) is 20.4. The first-order valence-corrected chi connectivity index (χ1v) is 30.3. The fourth-order valence-corrected chi connectivity index (χ4v) is 23.1. The van der Waals surface area contributed by atoms with Crippen LogP contribution in [0.3, 0.4) is 0 Å². The first-order chi connectivity index (χ1) is 27.3. The summed E-state index contributed by atoms with van der Waals surface area (Å²) in [6.07, 6.45) is 47.6. The van der Waals surface area contributed by atoms with Crippen LogP contribution in [0, 0.1) is 0 Å². The van der Waals surface area contributed by atoms with Gasteiger partial charge in [0.25, 0.3) is 0 Å². The fraction of sp³-hybridized carbons (Fsp3) is 0.706. The standard InChI is InChI=1S/2C18H33P.C15H10.ClH.Ru/c2*1-4-10-16(11-5-1)19(17-12-6-2-7-13-17)18-14-8-3-9-15-18;1-2-15(13-9-5-3-6-10-13)14-11-7-4-8-12-14;;/h2*16-18H,1-15H2;3-12H;1H;/q;;;;+1/p+1. The average Bonchev–Trinajstić information content (AvgIpc) is 3.28. The van der Waals surface area contributed by atoms with Gasteiger partial charge >= 0.3 is 113 Å². The molecule has 0 bridgehead atoms. The number of hydrogen-bond acceptors (Lipinski definition) is 0. The predicted molar refractivity (Wildman–Crippen MR) is 248 cm³/mol. The van der Waals surface area contributed by atoms with Crippen LogP contribution < -0.4 is 0 Å². The summed E-state index contributed by atoms with van der Waals surface area (Å²) in [5.74, 6) is 0. The molecule has 6 aliphatic rings. The average molecular weight is 890 g/mol. The van der Waals surface area contributed by atoms with Crippen LogP contribution in [0.15, 0.2) is 66.4 Å². The first kappa shape index (κ1) is 44.2. The molecule has 55 heavy (non-hydrogen) atoms. The maximum atomic E-state index is 5.72. The Morgan fingerprint density at radius 1 is 0.382 bits per heavy atom. The molecular weight excluding hydrogens is 811 g/mol. The van der Waals surface area contributed by atoms with E-state index >= 15 is 0 Å². The Hall–Kier alpha value is -0.357. The van der Waals surface area contributed by atoms with Crippen molar-refractivity contribution in [1.29, 1.82) is 0 Å². The molecule has 305 valence electrons. The molecule has 0 saturated heterocycles. The third-order valence-electron chi connectivity index (χ3n) is 14.8. The molecule has 6 saturated carbocycles. The third kappa shape index (κ3) is 14.4. The second kappa shape index (κ2) is 26.0. The van der Waals surface area contributed by atoms with Gasteiger partial charge in [-0.25, -0.2) is 0 Å². The van der Waals surface area contributed by atoms with Crippen molar-refractivity contribution in [2.24, 2.45) is 0 Å². The van der Waals surface area contributed by atoms with Crippen molar-refractivity contribution in [2.45, 2.75) is 227 Å². The Kier molecular flexibility index (Phi) is 20.9. The van der Waals surface area contributed by atoms with Gasteiger partial charge < -0.3 is 0 Å². The van der Waals surface area contributed by atoms with Crippen LogP contribution in [0.25, 0.3) is 5.57 Å². The second-order valence-electron chi connectivity index (χ2n) is 18.4. The van der Waals surface area contributed by atoms with Gasteiger partial charge in [0.05, 0.1) is 34.0 Å². The minimum atomic E-state index is -0.362. The van der Waals surface area contributed by atoms with Crippen LogP contribution in [0.2, 0.25) is 0 Å². The Bertz CT molecular complexity index is 1210. The van der Waals surface area contributed by atoms with Gasteiger partial charge in [-0.1, -0.05) is 38.5 Å². The molecule has 0 aliphatic heterocycles. The van der Waals surface area contributed by atoms with E-state index in [4.69, 9.17) is 9.69 Å². The van der Waals surface area contributed by atoms with Gasteiger partial charge in [-0.2, -0.15) is 0 Å². The summed E-state index contributed by atoms with van der Waals surface area (Å²) in [6.45, 7) is 0. The molecule has 4 heteroatoms. The zero-order chi connectivity index (χ0) is 37.8. The topological polar surface area (TPSA) is 0 Å². The van der Waals surface area contributed by atoms with E-state index in [2.05, 4.69) is 34.3 Å². The molecule has 0 N–H and O–H groups in total. The van der Waals surface area contributed by atoms with Gasteiger partial charge in [0.2, 0.25) is 0 Å². The Morgan fingerprint density at radius 2 is 0.618 bits per heavy atom. The van der Waals surface area contributed by atoms with E-state index in [-0.39, 0.29) is 31.5 Å². The summed E-state index contributed by atoms with van der Waals surface area (Å²) in [4.78, 5) is 0. The monoisotopic (exact) mass is 889 g/mol. The van der Waals surface area contributed by atoms with Crippen molar-refractivity contribution in [3.8, 4) is 0 Å². The Morgan fingerprint density at radius 3 is 0.836 bits per heavy atom. The quantitative estimate of drug-likeness (QED) is 0.141. The number of hydrogen-bond donors (Lipinski definition) is 0. The van der Waals surface area contributed by atoms with E-state index in [0.717, 1.165) is 16.7 Å². The van der Waals surface area contributed by atoms with Crippen molar-refractivity contribution >= 4 is 35.4 Å². The van der Waals surface area contributed by atoms with Gasteiger partial charge in [0.15, 0.2) is 0 Å². The van der Waals surface area contributed by atoms with Crippen LogP contribution >= 0.6 is 25.5 Å². The van der Waals surface area contributed by atoms with Crippen molar-refractivity contribution < 1.29 is 15.7 Å². The summed E-state index contributed by atoms with van der Waals surface area (Å²) in [7, 11) is 5.63. The second-order valence-corrected chi connectivity index (χ2v) is 26.8. The van der Waals surface area contributed by atoms with E-state index in [9.17, 15) is 0 Å². The summed E-state index contributed by atoms with van der Waals surface area (Å²) in [5.41, 5.74) is 13.9. The molecule has 0 radical (unpaired) electrons. The summed E-state index contributed by atoms with van der Waals surface area (Å²) in [5, 5.41) is 0. The number of rotatable bonds is 8. The van der Waals surface area contributed by atoms with Crippen LogP contribution in [-0.4, -0.2) is 38.2 Å². The molecule has 0 spiro atoms. The Labute approximate surface area is 353 Å². The molecular formula is C51H78ClP2Ru+2. The summed E-state index contributed by atoms with van der Waals surface area (Å²) >= 11 is -0.362. The third-order valence-corrected chi connectivity index (χ3v) is 24.7. The van der Waals surface area contributed by atoms with E-state index in [1.54, 1.807) is 193 Å². The predicted octanol–water partition coefficient (Wildman–Crippen LogP) is 16.3. The normalized spacial score (nSPS) is 22.8. The van der Waals surface area contributed by atoms with Gasteiger partial charge in [-0.3, -0.25) is 0 Å². The maximum absolute atomic E-state index is 5.72. The molecule has 0 unspecified atom stereocenters. The van der Waals surface area contributed by atoms with E-state index in [1.807, 2.05) is 36.4 Å². The molecule has 8 rings (SSSR count). The van der Waals surface area contributed by atoms with Crippen LogP contribution in [-0.2, 0) is 15.7 Å². The van der Waals surface area contributed by atoms with E-state index in [0.29, 0.717) is 0 Å². The van der Waals surface area contributed by atoms with E-state index in [1.165, 1.54) is 34.0 Å². The van der Waals surface area contributed by atoms with Gasteiger partial charge in [0.1, 0.15) is 0 Å². The first-order valence-electron chi connectivity index (χ1n) is 23.8. The SMILES string of the molecule is C1CCC([PH+](C2CCCCC2)C2CCCCC2)CC1.C1CCC([PH+](C2CCCCC2)C2CCCCC2)CC1.[Cl][Ru]=[C]=C=C(c1ccccc1)c1ccccc1. The summed E-state index contributed by atoms with van der Waals surface area (Å²) < 4.78 is 3.01. The molecule has 0 nitrogen and oxygen atoms in total. The molecule has 0 aromatic heterocycles. The van der Waals surface area contributed by atoms with E-state index < -0.39 is 0 Å². The molecule has 6 fully saturated rings. The molecule has 0 atom stereocenters. The van der Waals surface area contributed by atoms with Crippen molar-refractivity contribution in [1.82, 2.24) is 0 Å².